The molecule has 120 valence electrons. The molecule has 0 spiro atoms. The monoisotopic (exact) mass is 330 g/mol. The van der Waals surface area contributed by atoms with Crippen LogP contribution in [0.1, 0.15) is 43.8 Å². The number of hydrogen-bond acceptors (Lipinski definition) is 5. The van der Waals surface area contributed by atoms with E-state index in [1.165, 1.54) is 0 Å². The smallest absolute Gasteiger partial charge is 0.220 e. The zero-order chi connectivity index (χ0) is 15.7. The molecular weight excluding hydrogens is 304 g/mol. The van der Waals surface area contributed by atoms with E-state index >= 15 is 0 Å². The lowest BCUT2D eigenvalue weighted by Gasteiger charge is -2.20. The number of thioether (sulfide) groups is 1. The molecule has 0 saturated heterocycles. The quantitative estimate of drug-likeness (QED) is 0.647. The van der Waals surface area contributed by atoms with E-state index in [0.717, 1.165) is 35.0 Å². The number of nitrogens with one attached hydrogen (secondary N) is 1. The maximum Gasteiger partial charge on any atom is 0.220 e. The normalized spacial score (nSPS) is 12.6. The van der Waals surface area contributed by atoms with Gasteiger partial charge in [0.2, 0.25) is 5.91 Å². The van der Waals surface area contributed by atoms with Crippen LogP contribution in [0.2, 0.25) is 0 Å². The number of aryl methyl sites for hydroxylation is 1. The molecule has 1 aromatic rings. The van der Waals surface area contributed by atoms with Gasteiger partial charge in [-0.2, -0.15) is 11.8 Å². The van der Waals surface area contributed by atoms with Crippen molar-refractivity contribution in [1.29, 1.82) is 0 Å². The molecule has 1 unspecified atom stereocenters. The van der Waals surface area contributed by atoms with E-state index < -0.39 is 6.10 Å². The maximum absolute atomic E-state index is 11.7. The molecule has 1 amide bonds. The molecule has 1 aromatic heterocycles. The van der Waals surface area contributed by atoms with E-state index in [9.17, 15) is 9.90 Å². The van der Waals surface area contributed by atoms with Crippen LogP contribution in [-0.2, 0) is 10.5 Å². The summed E-state index contributed by atoms with van der Waals surface area (Å²) in [6.45, 7) is 6.49. The highest BCUT2D eigenvalue weighted by Crippen LogP contribution is 2.16. The number of hydrogen-bond donors (Lipinski definition) is 2. The van der Waals surface area contributed by atoms with Gasteiger partial charge in [0.05, 0.1) is 16.8 Å². The first-order valence-electron chi connectivity index (χ1n) is 7.50. The first-order chi connectivity index (χ1) is 10.1. The van der Waals surface area contributed by atoms with Gasteiger partial charge in [-0.3, -0.25) is 4.79 Å². The predicted molar refractivity (Wildman–Crippen MR) is 90.7 cm³/mol. The molecule has 21 heavy (non-hydrogen) atoms. The molecule has 0 aromatic carbocycles. The van der Waals surface area contributed by atoms with E-state index in [2.05, 4.69) is 29.5 Å². The molecule has 1 heterocycles. The van der Waals surface area contributed by atoms with E-state index in [0.29, 0.717) is 13.0 Å². The maximum atomic E-state index is 11.7. The molecule has 0 aliphatic carbocycles. The third-order valence-electron chi connectivity index (χ3n) is 3.49. The van der Waals surface area contributed by atoms with Crippen molar-refractivity contribution < 1.29 is 9.90 Å². The molecule has 0 radical (unpaired) electrons. The van der Waals surface area contributed by atoms with E-state index in [1.54, 1.807) is 23.1 Å². The van der Waals surface area contributed by atoms with Crippen LogP contribution >= 0.6 is 23.1 Å². The van der Waals surface area contributed by atoms with Crippen LogP contribution in [0.25, 0.3) is 0 Å². The second-order valence-corrected chi connectivity index (χ2v) is 7.28. The summed E-state index contributed by atoms with van der Waals surface area (Å²) in [7, 11) is 0. The Kier molecular flexibility index (Phi) is 8.96. The Morgan fingerprint density at radius 3 is 2.76 bits per heavy atom. The first-order valence-corrected chi connectivity index (χ1v) is 9.53. The van der Waals surface area contributed by atoms with Crippen LogP contribution in [0.4, 0.5) is 0 Å². The van der Waals surface area contributed by atoms with Gasteiger partial charge >= 0.3 is 0 Å². The molecule has 0 aliphatic heterocycles. The van der Waals surface area contributed by atoms with Crippen molar-refractivity contribution in [3.63, 3.8) is 0 Å². The zero-order valence-corrected chi connectivity index (χ0v) is 14.7. The highest BCUT2D eigenvalue weighted by atomic mass is 32.2. The Labute approximate surface area is 135 Å². The molecule has 6 heteroatoms. The minimum absolute atomic E-state index is 0.0157. The van der Waals surface area contributed by atoms with Crippen molar-refractivity contribution in [2.24, 2.45) is 5.92 Å². The number of carbonyl (C=O) groups excluding carboxylic acids is 1. The lowest BCUT2D eigenvalue weighted by Crippen LogP contribution is -2.36. The van der Waals surface area contributed by atoms with Gasteiger partial charge < -0.3 is 10.4 Å². The van der Waals surface area contributed by atoms with E-state index in [1.807, 2.05) is 6.92 Å². The Hall–Kier alpha value is -0.590. The van der Waals surface area contributed by atoms with E-state index in [4.69, 9.17) is 0 Å². The molecule has 0 saturated carbocycles. The fourth-order valence-corrected chi connectivity index (χ4v) is 3.67. The van der Waals surface area contributed by atoms with Gasteiger partial charge in [0.25, 0.3) is 0 Å². The molecule has 0 bridgehead atoms. The largest absolute Gasteiger partial charge is 0.391 e. The summed E-state index contributed by atoms with van der Waals surface area (Å²) in [5.74, 6) is 1.92. The summed E-state index contributed by atoms with van der Waals surface area (Å²) in [6, 6.07) is 0. The molecule has 4 nitrogen and oxygen atoms in total. The van der Waals surface area contributed by atoms with Crippen LogP contribution < -0.4 is 5.32 Å². The third kappa shape index (κ3) is 7.29. The van der Waals surface area contributed by atoms with Gasteiger partial charge in [0.15, 0.2) is 0 Å². The Morgan fingerprint density at radius 1 is 1.48 bits per heavy atom. The van der Waals surface area contributed by atoms with Crippen LogP contribution in [0, 0.1) is 12.8 Å². The van der Waals surface area contributed by atoms with Gasteiger partial charge in [0, 0.05) is 29.9 Å². The van der Waals surface area contributed by atoms with Crippen LogP contribution in [0.5, 0.6) is 0 Å². The van der Waals surface area contributed by atoms with Crippen molar-refractivity contribution in [3.8, 4) is 0 Å². The molecule has 1 rings (SSSR count). The van der Waals surface area contributed by atoms with Crippen molar-refractivity contribution in [2.75, 3.05) is 12.3 Å². The number of aliphatic hydroxyl groups excluding tert-OH is 1. The number of carbonyl (C=O) groups is 1. The van der Waals surface area contributed by atoms with Gasteiger partial charge in [-0.05, 0) is 12.8 Å². The zero-order valence-electron chi connectivity index (χ0n) is 13.1. The summed E-state index contributed by atoms with van der Waals surface area (Å²) < 4.78 is 0. The lowest BCUT2D eigenvalue weighted by molar-refractivity contribution is -0.121. The number of thiazole rings is 1. The highest BCUT2D eigenvalue weighted by Gasteiger charge is 2.15. The number of rotatable bonds is 10. The number of nitrogens with zero attached hydrogens (tertiary/aromatic N) is 1. The minimum atomic E-state index is -0.436. The highest BCUT2D eigenvalue weighted by molar-refractivity contribution is 7.98. The average Bonchev–Trinajstić information content (AvgIpc) is 2.88. The number of aromatic nitrogens is 1. The second-order valence-electron chi connectivity index (χ2n) is 5.11. The van der Waals surface area contributed by atoms with E-state index in [-0.39, 0.29) is 11.8 Å². The number of aliphatic hydroxyl groups is 1. The van der Waals surface area contributed by atoms with Crippen molar-refractivity contribution in [3.05, 3.63) is 16.1 Å². The summed E-state index contributed by atoms with van der Waals surface area (Å²) in [4.78, 5) is 16.1. The topological polar surface area (TPSA) is 62.2 Å². The van der Waals surface area contributed by atoms with Crippen molar-refractivity contribution in [2.45, 2.75) is 51.9 Å². The summed E-state index contributed by atoms with van der Waals surface area (Å²) >= 11 is 3.37. The lowest BCUT2D eigenvalue weighted by atomic mass is 9.96. The third-order valence-corrected chi connectivity index (χ3v) is 5.31. The summed E-state index contributed by atoms with van der Waals surface area (Å²) in [6.07, 6.45) is 1.94. The average molecular weight is 331 g/mol. The fourth-order valence-electron chi connectivity index (χ4n) is 2.12. The summed E-state index contributed by atoms with van der Waals surface area (Å²) in [5, 5.41) is 15.9. The number of amides is 1. The standard InChI is InChI=1S/C15H26N2O2S2/c1-4-12(5-2)14(18)8-16-15(19)6-7-20-9-13-10-21-11(3)17-13/h10,12,14,18H,4-9H2,1-3H3,(H,16,19). The molecule has 2 N–H and O–H groups in total. The van der Waals surface area contributed by atoms with Crippen molar-refractivity contribution in [1.82, 2.24) is 10.3 Å². The molecule has 1 atom stereocenters. The van der Waals surface area contributed by atoms with Crippen LogP contribution in [0.15, 0.2) is 5.38 Å². The fraction of sp³-hybridized carbons (Fsp3) is 0.733. The molecule has 0 aliphatic rings. The first kappa shape index (κ1) is 18.5. The predicted octanol–water partition coefficient (Wildman–Crippen LogP) is 2.99. The second kappa shape index (κ2) is 10.2. The SMILES string of the molecule is CCC(CC)C(O)CNC(=O)CCSCc1csc(C)n1. The molecular formula is C15H26N2O2S2. The molecule has 0 fully saturated rings. The minimum Gasteiger partial charge on any atom is -0.391 e. The van der Waals surface area contributed by atoms with Gasteiger partial charge in [-0.1, -0.05) is 26.7 Å². The van der Waals surface area contributed by atoms with Gasteiger partial charge in [-0.15, -0.1) is 11.3 Å². The van der Waals surface area contributed by atoms with Crippen molar-refractivity contribution >= 4 is 29.0 Å². The van der Waals surface area contributed by atoms with Crippen LogP contribution in [0.3, 0.4) is 0 Å². The van der Waals surface area contributed by atoms with Gasteiger partial charge in [-0.25, -0.2) is 4.98 Å². The Balaban J connectivity index is 2.11. The Morgan fingerprint density at radius 2 is 2.19 bits per heavy atom. The van der Waals surface area contributed by atoms with Gasteiger partial charge in [0.1, 0.15) is 0 Å². The summed E-state index contributed by atoms with van der Waals surface area (Å²) in [5.41, 5.74) is 1.09. The Bertz CT molecular complexity index is 420. The van der Waals surface area contributed by atoms with Crippen LogP contribution in [-0.4, -0.2) is 34.4 Å².